The molecule has 1 unspecified atom stereocenters. The summed E-state index contributed by atoms with van der Waals surface area (Å²) >= 11 is 0. The summed E-state index contributed by atoms with van der Waals surface area (Å²) < 4.78 is 53.5. The number of rotatable bonds is 7. The van der Waals surface area contributed by atoms with E-state index in [0.717, 1.165) is 24.3 Å². The average Bonchev–Trinajstić information content (AvgIpc) is 2.76. The van der Waals surface area contributed by atoms with Crippen LogP contribution in [0.2, 0.25) is 0 Å². The van der Waals surface area contributed by atoms with Crippen LogP contribution in [0.3, 0.4) is 0 Å². The number of benzene rings is 1. The van der Waals surface area contributed by atoms with Crippen molar-refractivity contribution in [3.63, 3.8) is 0 Å². The van der Waals surface area contributed by atoms with Crippen molar-refractivity contribution in [2.45, 2.75) is 40.3 Å². The highest BCUT2D eigenvalue weighted by atomic mass is 19.4. The van der Waals surface area contributed by atoms with Crippen LogP contribution in [-0.4, -0.2) is 16.7 Å². The Bertz CT molecular complexity index is 1100. The zero-order valence-electron chi connectivity index (χ0n) is 18.8. The maximum Gasteiger partial charge on any atom is 0.416 e. The quantitative estimate of drug-likeness (QED) is 0.292. The molecule has 2 aromatic rings. The second kappa shape index (κ2) is 10.9. The first-order valence-corrected chi connectivity index (χ1v) is 10.3. The first-order valence-electron chi connectivity index (χ1n) is 10.3. The van der Waals surface area contributed by atoms with Crippen LogP contribution in [0.15, 0.2) is 59.4 Å². The molecule has 2 rings (SSSR count). The molecule has 0 aliphatic heterocycles. The Balaban J connectivity index is 2.40. The van der Waals surface area contributed by atoms with Crippen LogP contribution in [-0.2, 0) is 6.18 Å². The fourth-order valence-corrected chi connectivity index (χ4v) is 3.19. The summed E-state index contributed by atoms with van der Waals surface area (Å²) in [5.41, 5.74) is 6.78. The Morgan fingerprint density at radius 1 is 1.27 bits per heavy atom. The van der Waals surface area contributed by atoms with Gasteiger partial charge in [0.15, 0.2) is 0 Å². The Labute approximate surface area is 190 Å². The van der Waals surface area contributed by atoms with E-state index in [-0.39, 0.29) is 17.3 Å². The van der Waals surface area contributed by atoms with Gasteiger partial charge in [-0.2, -0.15) is 13.2 Å². The summed E-state index contributed by atoms with van der Waals surface area (Å²) in [5, 5.41) is 2.21. The molecule has 0 saturated heterocycles. The van der Waals surface area contributed by atoms with E-state index in [9.17, 15) is 22.4 Å². The molecule has 0 radical (unpaired) electrons. The van der Waals surface area contributed by atoms with Gasteiger partial charge < -0.3 is 11.1 Å². The van der Waals surface area contributed by atoms with Gasteiger partial charge >= 0.3 is 6.18 Å². The van der Waals surface area contributed by atoms with Gasteiger partial charge in [-0.25, -0.2) is 14.4 Å². The van der Waals surface area contributed by atoms with Crippen LogP contribution < -0.4 is 11.1 Å². The molecule has 0 saturated carbocycles. The molecular formula is C24H26F4N4O. The number of nitrogens with zero attached hydrogens (tertiary/aromatic N) is 2. The van der Waals surface area contributed by atoms with Gasteiger partial charge in [0.25, 0.3) is 5.91 Å². The van der Waals surface area contributed by atoms with Crippen LogP contribution in [0.25, 0.3) is 5.57 Å². The number of carbonyl (C=O) groups is 1. The van der Waals surface area contributed by atoms with E-state index in [1.165, 1.54) is 12.1 Å². The monoisotopic (exact) mass is 462 g/mol. The number of hydrogen-bond acceptors (Lipinski definition) is 3. The number of hydrogen-bond donors (Lipinski definition) is 2. The van der Waals surface area contributed by atoms with Crippen molar-refractivity contribution in [3.05, 3.63) is 76.9 Å². The predicted octanol–water partition coefficient (Wildman–Crippen LogP) is 6.20. The minimum atomic E-state index is -4.59. The molecule has 3 N–H and O–H groups in total. The number of amides is 1. The van der Waals surface area contributed by atoms with Crippen molar-refractivity contribution >= 4 is 23.1 Å². The molecule has 0 aliphatic carbocycles. The van der Waals surface area contributed by atoms with E-state index in [1.54, 1.807) is 32.2 Å². The van der Waals surface area contributed by atoms with Gasteiger partial charge in [-0.05, 0) is 67.2 Å². The van der Waals surface area contributed by atoms with Crippen molar-refractivity contribution in [1.29, 1.82) is 0 Å². The van der Waals surface area contributed by atoms with Gasteiger partial charge in [-0.15, -0.1) is 0 Å². The van der Waals surface area contributed by atoms with E-state index in [1.807, 2.05) is 13.8 Å². The van der Waals surface area contributed by atoms with E-state index in [4.69, 9.17) is 5.73 Å². The third-order valence-corrected chi connectivity index (χ3v) is 5.11. The van der Waals surface area contributed by atoms with Crippen molar-refractivity contribution in [2.75, 3.05) is 5.32 Å². The lowest BCUT2D eigenvalue weighted by Gasteiger charge is -2.19. The van der Waals surface area contributed by atoms with Crippen molar-refractivity contribution < 1.29 is 22.4 Å². The molecule has 0 spiro atoms. The van der Waals surface area contributed by atoms with Crippen LogP contribution in [0.4, 0.5) is 23.4 Å². The second-order valence-corrected chi connectivity index (χ2v) is 7.42. The first-order chi connectivity index (χ1) is 15.5. The Morgan fingerprint density at radius 3 is 2.55 bits per heavy atom. The number of nitrogens with two attached hydrogens (primary N) is 1. The summed E-state index contributed by atoms with van der Waals surface area (Å²) in [7, 11) is 0. The molecular weight excluding hydrogens is 436 g/mol. The zero-order valence-corrected chi connectivity index (χ0v) is 18.8. The molecule has 1 aromatic carbocycles. The number of anilines is 1. The topological polar surface area (TPSA) is 80.4 Å². The number of nitrogens with one attached hydrogen (secondary N) is 1. The molecule has 176 valence electrons. The van der Waals surface area contributed by atoms with Gasteiger partial charge in [-0.3, -0.25) is 4.79 Å². The number of halogens is 4. The lowest BCUT2D eigenvalue weighted by molar-refractivity contribution is -0.137. The summed E-state index contributed by atoms with van der Waals surface area (Å²) in [6, 6.07) is 5.53. The highest BCUT2D eigenvalue weighted by Crippen LogP contribution is 2.32. The van der Waals surface area contributed by atoms with Crippen molar-refractivity contribution in [2.24, 2.45) is 16.6 Å². The third kappa shape index (κ3) is 6.50. The molecule has 33 heavy (non-hydrogen) atoms. The van der Waals surface area contributed by atoms with Crippen LogP contribution >= 0.6 is 0 Å². The predicted molar refractivity (Wildman–Crippen MR) is 122 cm³/mol. The zero-order chi connectivity index (χ0) is 24.8. The second-order valence-electron chi connectivity index (χ2n) is 7.42. The minimum absolute atomic E-state index is 0.0257. The summed E-state index contributed by atoms with van der Waals surface area (Å²) in [6.45, 7) is 7.55. The summed E-state index contributed by atoms with van der Waals surface area (Å²) in [4.78, 5) is 20.4. The van der Waals surface area contributed by atoms with Gasteiger partial charge in [0.05, 0.1) is 11.1 Å². The van der Waals surface area contributed by atoms with Crippen LogP contribution in [0.5, 0.6) is 0 Å². The summed E-state index contributed by atoms with van der Waals surface area (Å²) in [6.07, 6.45) is 0.375. The molecule has 0 bridgehead atoms. The third-order valence-electron chi connectivity index (χ3n) is 5.11. The molecule has 5 nitrogen and oxygen atoms in total. The number of carbonyl (C=O) groups excluding carboxylic acids is 1. The van der Waals surface area contributed by atoms with Crippen LogP contribution in [0.1, 0.15) is 55.6 Å². The lowest BCUT2D eigenvalue weighted by Crippen LogP contribution is -2.17. The van der Waals surface area contributed by atoms with E-state index in [0.29, 0.717) is 23.0 Å². The van der Waals surface area contributed by atoms with Crippen LogP contribution in [0, 0.1) is 11.7 Å². The maximum atomic E-state index is 14.9. The van der Waals surface area contributed by atoms with E-state index in [2.05, 4.69) is 15.3 Å². The van der Waals surface area contributed by atoms with Gasteiger partial charge in [0, 0.05) is 12.4 Å². The fourth-order valence-electron chi connectivity index (χ4n) is 3.19. The Hall–Kier alpha value is -3.49. The van der Waals surface area contributed by atoms with E-state index < -0.39 is 23.5 Å². The number of aromatic nitrogens is 1. The molecule has 1 aromatic heterocycles. The molecule has 9 heteroatoms. The molecule has 1 heterocycles. The number of aliphatic imine (C=N–C) groups is 1. The fraction of sp³-hybridized carbons (Fsp3) is 0.292. The SMILES string of the molecule is C\C=C/N=C(N)/C(C)=C(\c1ccc(C(=O)Nc2cc(C(F)(F)F)ccn2)c(F)c1)C(C)CC. The number of pyridine rings is 1. The largest absolute Gasteiger partial charge is 0.416 e. The summed E-state index contributed by atoms with van der Waals surface area (Å²) in [5.74, 6) is -1.75. The Kier molecular flexibility index (Phi) is 8.50. The number of alkyl halides is 3. The van der Waals surface area contributed by atoms with E-state index >= 15 is 0 Å². The normalized spacial score (nSPS) is 14.2. The standard InChI is InChI=1S/C24H26F4N4O/c1-5-10-31-22(29)15(4)21(14(3)6-2)16-7-8-18(19(25)12-16)23(33)32-20-13-17(9-11-30-20)24(26,27)28/h5,7-14H,6H2,1-4H3,(H2,29,31)(H,30,32,33)/b10-5-,21-15-. The smallest absolute Gasteiger partial charge is 0.383 e. The number of amidine groups is 1. The molecule has 0 fully saturated rings. The van der Waals surface area contributed by atoms with Gasteiger partial charge in [-0.1, -0.05) is 26.0 Å². The molecule has 1 atom stereocenters. The minimum Gasteiger partial charge on any atom is -0.383 e. The number of allylic oxidation sites excluding steroid dienone is 2. The van der Waals surface area contributed by atoms with Gasteiger partial charge in [0.1, 0.15) is 17.5 Å². The molecule has 0 aliphatic rings. The highest BCUT2D eigenvalue weighted by Gasteiger charge is 2.31. The maximum absolute atomic E-state index is 14.9. The Morgan fingerprint density at radius 2 is 1.97 bits per heavy atom. The van der Waals surface area contributed by atoms with Crippen molar-refractivity contribution in [3.8, 4) is 0 Å². The molecule has 1 amide bonds. The first kappa shape index (κ1) is 25.8. The van der Waals surface area contributed by atoms with Crippen molar-refractivity contribution in [1.82, 2.24) is 4.98 Å². The van der Waals surface area contributed by atoms with Gasteiger partial charge in [0.2, 0.25) is 0 Å². The lowest BCUT2D eigenvalue weighted by atomic mass is 9.87. The average molecular weight is 462 g/mol. The highest BCUT2D eigenvalue weighted by molar-refractivity contribution is 6.05.